The Labute approximate surface area is 228 Å². The summed E-state index contributed by atoms with van der Waals surface area (Å²) in [5.41, 5.74) is 4.14. The van der Waals surface area contributed by atoms with Crippen LogP contribution in [0, 0.1) is 11.8 Å². The second-order valence-corrected chi connectivity index (χ2v) is 10.3. The molecule has 1 fully saturated rings. The number of carbonyl (C=O) groups is 1. The lowest BCUT2D eigenvalue weighted by Gasteiger charge is -2.35. The predicted octanol–water partition coefficient (Wildman–Crippen LogP) is 5.15. The number of halogens is 1. The summed E-state index contributed by atoms with van der Waals surface area (Å²) in [4.78, 5) is 20.8. The Bertz CT molecular complexity index is 1320. The molecule has 1 atom stereocenters. The van der Waals surface area contributed by atoms with Gasteiger partial charge < -0.3 is 24.5 Å². The van der Waals surface area contributed by atoms with Crippen molar-refractivity contribution in [1.82, 2.24) is 14.8 Å². The van der Waals surface area contributed by atoms with Crippen LogP contribution in [-0.2, 0) is 11.2 Å². The van der Waals surface area contributed by atoms with Crippen molar-refractivity contribution in [2.45, 2.75) is 44.8 Å². The Kier molecular flexibility index (Phi) is 8.43. The fraction of sp³-hybridized carbons (Fsp3) is 0.433. The van der Waals surface area contributed by atoms with Gasteiger partial charge in [0.25, 0.3) is 0 Å². The first-order valence-electron chi connectivity index (χ1n) is 13.3. The molecule has 8 heteroatoms. The molecular weight excluding hydrogens is 502 g/mol. The molecule has 0 saturated carbocycles. The predicted molar refractivity (Wildman–Crippen MR) is 149 cm³/mol. The Balaban J connectivity index is 1.37. The number of piperidine rings is 1. The maximum atomic E-state index is 13.1. The minimum atomic E-state index is -0.381. The zero-order valence-electron chi connectivity index (χ0n) is 21.7. The van der Waals surface area contributed by atoms with E-state index in [1.165, 1.54) is 5.56 Å². The number of aliphatic hydroxyl groups is 1. The van der Waals surface area contributed by atoms with Crippen LogP contribution < -0.4 is 4.74 Å². The number of likely N-dealkylation sites (tertiary alicyclic amines) is 1. The minimum absolute atomic E-state index is 0.0688. The maximum Gasteiger partial charge on any atom is 0.411 e. The van der Waals surface area contributed by atoms with E-state index in [2.05, 4.69) is 21.7 Å². The smallest absolute Gasteiger partial charge is 0.411 e. The largest absolute Gasteiger partial charge is 0.490 e. The number of ether oxygens (including phenoxy) is 2. The molecule has 1 amide bonds. The van der Waals surface area contributed by atoms with Crippen molar-refractivity contribution in [2.75, 3.05) is 39.4 Å². The third-order valence-electron chi connectivity index (χ3n) is 7.43. The first kappa shape index (κ1) is 26.4. The molecule has 3 heterocycles. The monoisotopic (exact) mass is 535 g/mol. The quantitative estimate of drug-likeness (QED) is 0.409. The number of nitrogens with one attached hydrogen (secondary N) is 1. The van der Waals surface area contributed by atoms with E-state index in [0.717, 1.165) is 66.8 Å². The van der Waals surface area contributed by atoms with Crippen LogP contribution in [0.1, 0.15) is 49.0 Å². The Morgan fingerprint density at radius 2 is 1.95 bits per heavy atom. The van der Waals surface area contributed by atoms with E-state index in [1.807, 2.05) is 42.5 Å². The minimum Gasteiger partial charge on any atom is -0.490 e. The zero-order valence-corrected chi connectivity index (χ0v) is 22.5. The number of nitrogens with zero attached hydrogens (tertiary/aromatic N) is 2. The summed E-state index contributed by atoms with van der Waals surface area (Å²) in [6.07, 6.45) is 3.26. The van der Waals surface area contributed by atoms with Gasteiger partial charge in [-0.15, -0.1) is 5.92 Å². The van der Waals surface area contributed by atoms with Gasteiger partial charge in [-0.1, -0.05) is 29.7 Å². The van der Waals surface area contributed by atoms with Gasteiger partial charge in [-0.25, -0.2) is 4.79 Å². The number of aliphatic hydroxyl groups excluding tert-OH is 1. The van der Waals surface area contributed by atoms with Gasteiger partial charge in [0, 0.05) is 54.4 Å². The SMILES string of the molecule is CC#CCOC(=O)N1CCc2c([nH]c3ccc(Cl)cc23)C1c1ccc(OC2CCN(CCCO)CC2)cc1. The molecule has 200 valence electrons. The van der Waals surface area contributed by atoms with Gasteiger partial charge in [-0.3, -0.25) is 4.90 Å². The summed E-state index contributed by atoms with van der Waals surface area (Å²) >= 11 is 6.31. The highest BCUT2D eigenvalue weighted by Gasteiger charge is 2.35. The van der Waals surface area contributed by atoms with Crippen LogP contribution >= 0.6 is 11.6 Å². The highest BCUT2D eigenvalue weighted by molar-refractivity contribution is 6.31. The molecule has 0 radical (unpaired) electrons. The van der Waals surface area contributed by atoms with Crippen LogP contribution in [0.25, 0.3) is 10.9 Å². The molecule has 0 aliphatic carbocycles. The van der Waals surface area contributed by atoms with E-state index in [1.54, 1.807) is 11.8 Å². The molecule has 1 aromatic heterocycles. The van der Waals surface area contributed by atoms with Crippen molar-refractivity contribution < 1.29 is 19.4 Å². The molecule has 1 unspecified atom stereocenters. The summed E-state index contributed by atoms with van der Waals surface area (Å²) in [7, 11) is 0. The van der Waals surface area contributed by atoms with Crippen LogP contribution in [-0.4, -0.2) is 71.5 Å². The first-order chi connectivity index (χ1) is 18.6. The summed E-state index contributed by atoms with van der Waals surface area (Å²) in [6, 6.07) is 13.6. The van der Waals surface area contributed by atoms with Gasteiger partial charge in [-0.05, 0) is 74.1 Å². The average Bonchev–Trinajstić information content (AvgIpc) is 3.30. The summed E-state index contributed by atoms with van der Waals surface area (Å²) in [5.74, 6) is 6.40. The second kappa shape index (κ2) is 12.1. The molecule has 5 rings (SSSR count). The number of hydrogen-bond acceptors (Lipinski definition) is 5. The van der Waals surface area contributed by atoms with Crippen LogP contribution in [0.3, 0.4) is 0 Å². The topological polar surface area (TPSA) is 78.0 Å². The van der Waals surface area contributed by atoms with Gasteiger partial charge in [0.1, 0.15) is 17.9 Å². The normalized spacial score (nSPS) is 18.1. The number of aromatic amines is 1. The lowest BCUT2D eigenvalue weighted by molar-refractivity contribution is 0.0961. The van der Waals surface area contributed by atoms with E-state index in [9.17, 15) is 4.79 Å². The van der Waals surface area contributed by atoms with Crippen molar-refractivity contribution >= 4 is 28.6 Å². The van der Waals surface area contributed by atoms with Gasteiger partial charge in [-0.2, -0.15) is 0 Å². The molecule has 1 saturated heterocycles. The molecule has 7 nitrogen and oxygen atoms in total. The lowest BCUT2D eigenvalue weighted by Crippen LogP contribution is -2.41. The number of carbonyl (C=O) groups excluding carboxylic acids is 1. The van der Waals surface area contributed by atoms with E-state index in [4.69, 9.17) is 26.2 Å². The Morgan fingerprint density at radius 3 is 2.68 bits per heavy atom. The van der Waals surface area contributed by atoms with Crippen molar-refractivity contribution in [3.63, 3.8) is 0 Å². The number of rotatable bonds is 7. The highest BCUT2D eigenvalue weighted by Crippen LogP contribution is 2.40. The Morgan fingerprint density at radius 1 is 1.16 bits per heavy atom. The molecule has 2 aliphatic rings. The fourth-order valence-electron chi connectivity index (χ4n) is 5.52. The van der Waals surface area contributed by atoms with E-state index in [0.29, 0.717) is 18.0 Å². The number of H-pyrrole nitrogens is 1. The molecule has 0 spiro atoms. The van der Waals surface area contributed by atoms with Gasteiger partial charge in [0.15, 0.2) is 6.61 Å². The van der Waals surface area contributed by atoms with Crippen LogP contribution in [0.15, 0.2) is 42.5 Å². The fourth-order valence-corrected chi connectivity index (χ4v) is 5.70. The maximum absolute atomic E-state index is 13.1. The van der Waals surface area contributed by atoms with Crippen LogP contribution in [0.2, 0.25) is 5.02 Å². The molecule has 3 aromatic rings. The van der Waals surface area contributed by atoms with Crippen LogP contribution in [0.4, 0.5) is 4.79 Å². The van der Waals surface area contributed by atoms with Crippen molar-refractivity contribution in [3.8, 4) is 17.6 Å². The molecule has 2 aromatic carbocycles. The summed E-state index contributed by atoms with van der Waals surface area (Å²) < 4.78 is 11.8. The third kappa shape index (κ3) is 5.78. The molecular formula is C30H34ClN3O4. The Hall–Kier alpha value is -3.18. The molecule has 0 bridgehead atoms. The molecule has 2 N–H and O–H groups in total. The lowest BCUT2D eigenvalue weighted by atomic mass is 9.92. The van der Waals surface area contributed by atoms with Gasteiger partial charge in [0.05, 0.1) is 0 Å². The standard InChI is InChI=1S/C30H34ClN3O4/c1-2-3-19-37-30(36)34-17-13-25-26-20-22(31)7-10-27(26)32-28(25)29(34)21-5-8-23(9-6-21)38-24-11-15-33(16-12-24)14-4-18-35/h5-10,20,24,29,32,35H,4,11-19H2,1H3. The molecule has 2 aliphatic heterocycles. The highest BCUT2D eigenvalue weighted by atomic mass is 35.5. The summed E-state index contributed by atoms with van der Waals surface area (Å²) in [6.45, 7) is 5.46. The number of benzene rings is 2. The number of amides is 1. The van der Waals surface area contributed by atoms with Gasteiger partial charge in [0.2, 0.25) is 0 Å². The van der Waals surface area contributed by atoms with Crippen molar-refractivity contribution in [3.05, 3.63) is 64.3 Å². The first-order valence-corrected chi connectivity index (χ1v) is 13.7. The van der Waals surface area contributed by atoms with E-state index < -0.39 is 0 Å². The van der Waals surface area contributed by atoms with Crippen molar-refractivity contribution in [2.24, 2.45) is 0 Å². The average molecular weight is 536 g/mol. The van der Waals surface area contributed by atoms with E-state index in [-0.39, 0.29) is 31.5 Å². The van der Waals surface area contributed by atoms with E-state index >= 15 is 0 Å². The number of hydrogen-bond donors (Lipinski definition) is 2. The number of aromatic nitrogens is 1. The third-order valence-corrected chi connectivity index (χ3v) is 7.67. The summed E-state index contributed by atoms with van der Waals surface area (Å²) in [5, 5.41) is 10.8. The van der Waals surface area contributed by atoms with Gasteiger partial charge >= 0.3 is 6.09 Å². The second-order valence-electron chi connectivity index (χ2n) is 9.84. The number of fused-ring (bicyclic) bond motifs is 3. The zero-order chi connectivity index (χ0) is 26.5. The van der Waals surface area contributed by atoms with Crippen molar-refractivity contribution in [1.29, 1.82) is 0 Å². The van der Waals surface area contributed by atoms with Crippen LogP contribution in [0.5, 0.6) is 5.75 Å². The molecule has 38 heavy (non-hydrogen) atoms.